The Hall–Kier alpha value is -1.35. The van der Waals surface area contributed by atoms with Crippen LogP contribution in [0.5, 0.6) is 0 Å². The average molecular weight is 260 g/mol. The highest BCUT2D eigenvalue weighted by Crippen LogP contribution is 2.26. The summed E-state index contributed by atoms with van der Waals surface area (Å²) in [7, 11) is 0. The van der Waals surface area contributed by atoms with E-state index in [1.165, 1.54) is 5.56 Å². The van der Waals surface area contributed by atoms with E-state index in [0.29, 0.717) is 18.4 Å². The smallest absolute Gasteiger partial charge is 0.234 e. The summed E-state index contributed by atoms with van der Waals surface area (Å²) in [4.78, 5) is 14.1. The molecule has 0 unspecified atom stereocenters. The molecule has 1 aliphatic heterocycles. The number of benzene rings is 1. The molecule has 2 rings (SSSR count). The van der Waals surface area contributed by atoms with Gasteiger partial charge in [-0.1, -0.05) is 44.2 Å². The van der Waals surface area contributed by atoms with Gasteiger partial charge in [0.2, 0.25) is 5.91 Å². The highest BCUT2D eigenvalue weighted by atomic mass is 16.2. The fourth-order valence-corrected chi connectivity index (χ4v) is 2.55. The Kier molecular flexibility index (Phi) is 4.97. The molecule has 1 heterocycles. The van der Waals surface area contributed by atoms with Gasteiger partial charge in [0, 0.05) is 13.1 Å². The Bertz CT molecular complexity index is 402. The molecule has 3 nitrogen and oxygen atoms in total. The van der Waals surface area contributed by atoms with Crippen molar-refractivity contribution in [2.45, 2.75) is 26.2 Å². The van der Waals surface area contributed by atoms with Crippen LogP contribution in [0, 0.1) is 5.92 Å². The molecule has 0 spiro atoms. The van der Waals surface area contributed by atoms with E-state index in [2.05, 4.69) is 54.4 Å². The van der Waals surface area contributed by atoms with Crippen LogP contribution in [-0.2, 0) is 4.79 Å². The van der Waals surface area contributed by atoms with Crippen LogP contribution in [0.4, 0.5) is 0 Å². The van der Waals surface area contributed by atoms with Crippen molar-refractivity contribution in [1.82, 2.24) is 10.2 Å². The van der Waals surface area contributed by atoms with E-state index in [1.54, 1.807) is 0 Å². The predicted octanol–water partition coefficient (Wildman–Crippen LogP) is 2.25. The van der Waals surface area contributed by atoms with E-state index < -0.39 is 0 Å². The molecule has 1 atom stereocenters. The van der Waals surface area contributed by atoms with Gasteiger partial charge in [-0.05, 0) is 30.4 Å². The van der Waals surface area contributed by atoms with Gasteiger partial charge in [-0.2, -0.15) is 0 Å². The van der Waals surface area contributed by atoms with Crippen molar-refractivity contribution in [1.29, 1.82) is 0 Å². The summed E-state index contributed by atoms with van der Waals surface area (Å²) in [5.41, 5.74) is 1.40. The number of nitrogens with zero attached hydrogens (tertiary/aromatic N) is 1. The molecule has 0 saturated carbocycles. The lowest BCUT2D eigenvalue weighted by Gasteiger charge is -2.16. The van der Waals surface area contributed by atoms with Crippen molar-refractivity contribution >= 4 is 5.91 Å². The molecule has 19 heavy (non-hydrogen) atoms. The second-order valence-corrected chi connectivity index (χ2v) is 5.83. The lowest BCUT2D eigenvalue weighted by atomic mass is 9.99. The molecular formula is C16H24N2O. The van der Waals surface area contributed by atoms with Crippen molar-refractivity contribution in [2.24, 2.45) is 5.92 Å². The lowest BCUT2D eigenvalue weighted by molar-refractivity contribution is -0.122. The zero-order valence-electron chi connectivity index (χ0n) is 11.9. The first kappa shape index (κ1) is 14.1. The maximum absolute atomic E-state index is 11.8. The molecule has 3 heteroatoms. The maximum atomic E-state index is 11.8. The molecule has 1 saturated heterocycles. The third-order valence-corrected chi connectivity index (χ3v) is 3.62. The summed E-state index contributed by atoms with van der Waals surface area (Å²) >= 11 is 0. The number of hydrogen-bond acceptors (Lipinski definition) is 2. The monoisotopic (exact) mass is 260 g/mol. The number of nitrogens with one attached hydrogen (secondary N) is 1. The van der Waals surface area contributed by atoms with Crippen LogP contribution in [0.3, 0.4) is 0 Å². The molecule has 0 aromatic heterocycles. The van der Waals surface area contributed by atoms with E-state index in [-0.39, 0.29) is 5.91 Å². The zero-order valence-corrected chi connectivity index (χ0v) is 11.9. The summed E-state index contributed by atoms with van der Waals surface area (Å²) in [6.45, 7) is 7.56. The maximum Gasteiger partial charge on any atom is 0.234 e. The topological polar surface area (TPSA) is 32.3 Å². The van der Waals surface area contributed by atoms with Crippen molar-refractivity contribution in [3.63, 3.8) is 0 Å². The molecule has 1 aliphatic rings. The van der Waals surface area contributed by atoms with Crippen LogP contribution >= 0.6 is 0 Å². The Morgan fingerprint density at radius 3 is 2.79 bits per heavy atom. The number of amides is 1. The second kappa shape index (κ2) is 6.71. The summed E-state index contributed by atoms with van der Waals surface area (Å²) in [5, 5.41) is 2.98. The van der Waals surface area contributed by atoms with Gasteiger partial charge in [0.05, 0.1) is 6.54 Å². The number of rotatable bonds is 5. The van der Waals surface area contributed by atoms with Gasteiger partial charge < -0.3 is 5.32 Å². The Labute approximate surface area is 116 Å². The van der Waals surface area contributed by atoms with Gasteiger partial charge in [-0.3, -0.25) is 9.69 Å². The highest BCUT2D eigenvalue weighted by Gasteiger charge is 2.24. The number of carbonyl (C=O) groups excluding carboxylic acids is 1. The molecule has 0 bridgehead atoms. The van der Waals surface area contributed by atoms with Crippen LogP contribution in [0.1, 0.15) is 31.7 Å². The Morgan fingerprint density at radius 2 is 2.11 bits per heavy atom. The fraction of sp³-hybridized carbons (Fsp3) is 0.562. The summed E-state index contributed by atoms with van der Waals surface area (Å²) in [5.74, 6) is 1.25. The van der Waals surface area contributed by atoms with E-state index >= 15 is 0 Å². The third-order valence-electron chi connectivity index (χ3n) is 3.62. The Morgan fingerprint density at radius 1 is 1.37 bits per heavy atom. The first-order chi connectivity index (χ1) is 9.15. The first-order valence-electron chi connectivity index (χ1n) is 7.19. The average Bonchev–Trinajstić information content (AvgIpc) is 2.86. The van der Waals surface area contributed by atoms with Crippen LogP contribution in [0.15, 0.2) is 30.3 Å². The molecule has 1 fully saturated rings. The minimum absolute atomic E-state index is 0.155. The summed E-state index contributed by atoms with van der Waals surface area (Å²) in [6.07, 6.45) is 1.15. The van der Waals surface area contributed by atoms with Crippen molar-refractivity contribution in [2.75, 3.05) is 26.2 Å². The first-order valence-corrected chi connectivity index (χ1v) is 7.19. The van der Waals surface area contributed by atoms with E-state index in [4.69, 9.17) is 0 Å². The van der Waals surface area contributed by atoms with Crippen molar-refractivity contribution in [3.05, 3.63) is 35.9 Å². The molecule has 1 amide bonds. The van der Waals surface area contributed by atoms with E-state index in [9.17, 15) is 4.79 Å². The fourth-order valence-electron chi connectivity index (χ4n) is 2.55. The summed E-state index contributed by atoms with van der Waals surface area (Å²) in [6, 6.07) is 10.6. The molecule has 1 aromatic rings. The SMILES string of the molecule is CC(C)CNC(=O)CN1CC[C@H](c2ccccc2)C1. The van der Waals surface area contributed by atoms with Gasteiger partial charge >= 0.3 is 0 Å². The van der Waals surface area contributed by atoms with Crippen LogP contribution in [0.2, 0.25) is 0 Å². The minimum Gasteiger partial charge on any atom is -0.355 e. The van der Waals surface area contributed by atoms with Gasteiger partial charge in [-0.25, -0.2) is 0 Å². The molecular weight excluding hydrogens is 236 g/mol. The van der Waals surface area contributed by atoms with Gasteiger partial charge in [0.15, 0.2) is 0 Å². The molecule has 104 valence electrons. The molecule has 1 N–H and O–H groups in total. The van der Waals surface area contributed by atoms with Crippen LogP contribution < -0.4 is 5.32 Å². The number of carbonyl (C=O) groups is 1. The summed E-state index contributed by atoms with van der Waals surface area (Å²) < 4.78 is 0. The normalized spacial score (nSPS) is 19.8. The van der Waals surface area contributed by atoms with Crippen LogP contribution in [0.25, 0.3) is 0 Å². The largest absolute Gasteiger partial charge is 0.355 e. The van der Waals surface area contributed by atoms with E-state index in [0.717, 1.165) is 26.1 Å². The standard InChI is InChI=1S/C16H24N2O/c1-13(2)10-17-16(19)12-18-9-8-15(11-18)14-6-4-3-5-7-14/h3-7,13,15H,8-12H2,1-2H3,(H,17,19)/t15-/m0/s1. The molecule has 0 aliphatic carbocycles. The van der Waals surface area contributed by atoms with Gasteiger partial charge in [0.25, 0.3) is 0 Å². The molecule has 0 radical (unpaired) electrons. The Balaban J connectivity index is 1.78. The number of hydrogen-bond donors (Lipinski definition) is 1. The third kappa shape index (κ3) is 4.35. The zero-order chi connectivity index (χ0) is 13.7. The minimum atomic E-state index is 0.155. The number of likely N-dealkylation sites (tertiary alicyclic amines) is 1. The second-order valence-electron chi connectivity index (χ2n) is 5.83. The van der Waals surface area contributed by atoms with Crippen molar-refractivity contribution < 1.29 is 4.79 Å². The quantitative estimate of drug-likeness (QED) is 0.880. The van der Waals surface area contributed by atoms with Gasteiger partial charge in [0.1, 0.15) is 0 Å². The lowest BCUT2D eigenvalue weighted by Crippen LogP contribution is -2.37. The molecule has 1 aromatic carbocycles. The van der Waals surface area contributed by atoms with Gasteiger partial charge in [-0.15, -0.1) is 0 Å². The van der Waals surface area contributed by atoms with Crippen LogP contribution in [-0.4, -0.2) is 37.0 Å². The van der Waals surface area contributed by atoms with E-state index in [1.807, 2.05) is 0 Å². The predicted molar refractivity (Wildman–Crippen MR) is 78.1 cm³/mol. The highest BCUT2D eigenvalue weighted by molar-refractivity contribution is 5.78. The van der Waals surface area contributed by atoms with Crippen molar-refractivity contribution in [3.8, 4) is 0 Å².